The van der Waals surface area contributed by atoms with Crippen molar-refractivity contribution in [3.8, 4) is 11.5 Å². The molecule has 0 spiro atoms. The molecule has 3 rings (SSSR count). The third kappa shape index (κ3) is 7.20. The van der Waals surface area contributed by atoms with Crippen LogP contribution in [0, 0.1) is 0 Å². The molecule has 0 fully saturated rings. The molecule has 0 aliphatic heterocycles. The van der Waals surface area contributed by atoms with Gasteiger partial charge in [0.1, 0.15) is 6.61 Å². The fourth-order valence-corrected chi connectivity index (χ4v) is 3.72. The Morgan fingerprint density at radius 2 is 2.03 bits per heavy atom. The fraction of sp³-hybridized carbons (Fsp3) is 0.318. The highest BCUT2D eigenvalue weighted by molar-refractivity contribution is 9.10. The van der Waals surface area contributed by atoms with Crippen LogP contribution in [0.4, 0.5) is 0 Å². The van der Waals surface area contributed by atoms with Crippen LogP contribution in [-0.2, 0) is 19.7 Å². The molecule has 0 saturated carbocycles. The van der Waals surface area contributed by atoms with Gasteiger partial charge in [-0.05, 0) is 59.6 Å². The summed E-state index contributed by atoms with van der Waals surface area (Å²) in [4.78, 5) is 4.06. The van der Waals surface area contributed by atoms with Crippen LogP contribution in [0.1, 0.15) is 24.5 Å². The summed E-state index contributed by atoms with van der Waals surface area (Å²) < 4.78 is 14.8. The van der Waals surface area contributed by atoms with Crippen LogP contribution in [0.15, 0.2) is 59.6 Å². The summed E-state index contributed by atoms with van der Waals surface area (Å²) >= 11 is 9.87. The Balaban J connectivity index is 0.00000320. The lowest BCUT2D eigenvalue weighted by molar-refractivity contribution is 0.267. The number of hydrogen-bond donors (Lipinski definition) is 1. The molecule has 0 atom stereocenters. The minimum atomic E-state index is 0. The fourth-order valence-electron chi connectivity index (χ4n) is 2.93. The molecule has 0 amide bonds. The number of ether oxygens (including phenoxy) is 2. The van der Waals surface area contributed by atoms with E-state index in [9.17, 15) is 0 Å². The Morgan fingerprint density at radius 1 is 1.20 bits per heavy atom. The van der Waals surface area contributed by atoms with Gasteiger partial charge in [-0.3, -0.25) is 0 Å². The molecule has 0 aliphatic rings. The van der Waals surface area contributed by atoms with Gasteiger partial charge in [-0.2, -0.15) is 0 Å². The number of hydrogen-bond acceptors (Lipinski definition) is 4. The summed E-state index contributed by atoms with van der Waals surface area (Å²) in [6.07, 6.45) is 6.66. The van der Waals surface area contributed by atoms with Crippen molar-refractivity contribution >= 4 is 39.9 Å². The van der Waals surface area contributed by atoms with Crippen LogP contribution >= 0.6 is 39.9 Å². The van der Waals surface area contributed by atoms with E-state index in [1.807, 2.05) is 49.8 Å². The van der Waals surface area contributed by atoms with Crippen molar-refractivity contribution in [2.24, 2.45) is 0 Å². The van der Waals surface area contributed by atoms with Crippen molar-refractivity contribution in [3.05, 3.63) is 75.7 Å². The smallest absolute Gasteiger partial charge is 0.175 e. The second kappa shape index (κ2) is 12.8. The van der Waals surface area contributed by atoms with Gasteiger partial charge < -0.3 is 19.4 Å². The first-order valence-electron chi connectivity index (χ1n) is 9.65. The summed E-state index contributed by atoms with van der Waals surface area (Å²) in [5, 5.41) is 4.17. The van der Waals surface area contributed by atoms with E-state index in [1.165, 1.54) is 0 Å². The van der Waals surface area contributed by atoms with Gasteiger partial charge in [-0.1, -0.05) is 29.8 Å². The van der Waals surface area contributed by atoms with Gasteiger partial charge in [0, 0.05) is 36.1 Å². The standard InChI is InChI=1S/C22H25BrClN3O2.ClH/c1-2-28-21-13-17(14-25-8-5-10-27-11-9-26-16-27)12-19(23)22(21)29-15-18-6-3-4-7-20(18)24;/h3-4,6-7,9,11-13,16,25H,2,5,8,10,14-15H2,1H3;1H. The topological polar surface area (TPSA) is 48.3 Å². The summed E-state index contributed by atoms with van der Waals surface area (Å²) in [5.41, 5.74) is 2.07. The lowest BCUT2D eigenvalue weighted by Gasteiger charge is -2.16. The number of nitrogens with one attached hydrogen (secondary N) is 1. The molecule has 162 valence electrons. The molecule has 0 aliphatic carbocycles. The van der Waals surface area contributed by atoms with Crippen molar-refractivity contribution in [3.63, 3.8) is 0 Å². The van der Waals surface area contributed by atoms with Crippen LogP contribution in [-0.4, -0.2) is 22.7 Å². The predicted octanol–water partition coefficient (Wildman–Crippen LogP) is 5.88. The van der Waals surface area contributed by atoms with E-state index < -0.39 is 0 Å². The lowest BCUT2D eigenvalue weighted by atomic mass is 10.2. The zero-order valence-corrected chi connectivity index (χ0v) is 20.0. The Hall–Kier alpha value is -1.73. The van der Waals surface area contributed by atoms with Crippen LogP contribution in [0.25, 0.3) is 0 Å². The molecule has 5 nitrogen and oxygen atoms in total. The van der Waals surface area contributed by atoms with Crippen LogP contribution in [0.2, 0.25) is 5.02 Å². The second-order valence-corrected chi connectivity index (χ2v) is 7.81. The third-order valence-corrected chi connectivity index (χ3v) is 5.31. The van der Waals surface area contributed by atoms with Gasteiger partial charge in [-0.25, -0.2) is 4.98 Å². The number of nitrogens with zero attached hydrogens (tertiary/aromatic N) is 2. The van der Waals surface area contributed by atoms with Gasteiger partial charge in [0.15, 0.2) is 11.5 Å². The first-order valence-corrected chi connectivity index (χ1v) is 10.8. The SMILES string of the molecule is CCOc1cc(CNCCCn2ccnc2)cc(Br)c1OCc1ccccc1Cl.Cl. The van der Waals surface area contributed by atoms with Crippen molar-refractivity contribution < 1.29 is 9.47 Å². The Bertz CT molecular complexity index is 907. The molecule has 1 heterocycles. The van der Waals surface area contributed by atoms with E-state index >= 15 is 0 Å². The summed E-state index contributed by atoms with van der Waals surface area (Å²) in [5.74, 6) is 1.42. The largest absolute Gasteiger partial charge is 0.490 e. The van der Waals surface area contributed by atoms with Gasteiger partial charge in [0.05, 0.1) is 17.4 Å². The van der Waals surface area contributed by atoms with Crippen LogP contribution in [0.5, 0.6) is 11.5 Å². The molecule has 0 saturated heterocycles. The maximum atomic E-state index is 6.24. The molecular formula is C22H26BrCl2N3O2. The average molecular weight is 515 g/mol. The molecule has 1 aromatic heterocycles. The quantitative estimate of drug-likeness (QED) is 0.324. The highest BCUT2D eigenvalue weighted by Crippen LogP contribution is 2.37. The van der Waals surface area contributed by atoms with Crippen molar-refractivity contribution in [2.75, 3.05) is 13.2 Å². The predicted molar refractivity (Wildman–Crippen MR) is 127 cm³/mol. The highest BCUT2D eigenvalue weighted by atomic mass is 79.9. The van der Waals surface area contributed by atoms with Gasteiger partial charge in [0.2, 0.25) is 0 Å². The average Bonchev–Trinajstić information content (AvgIpc) is 3.22. The number of benzene rings is 2. The van der Waals surface area contributed by atoms with Gasteiger partial charge in [-0.15, -0.1) is 12.4 Å². The molecule has 30 heavy (non-hydrogen) atoms. The van der Waals surface area contributed by atoms with Crippen LogP contribution < -0.4 is 14.8 Å². The number of aromatic nitrogens is 2. The van der Waals surface area contributed by atoms with Crippen molar-refractivity contribution in [2.45, 2.75) is 33.0 Å². The second-order valence-electron chi connectivity index (χ2n) is 6.55. The van der Waals surface area contributed by atoms with Crippen molar-refractivity contribution in [1.29, 1.82) is 0 Å². The monoisotopic (exact) mass is 513 g/mol. The number of rotatable bonds is 11. The number of halogens is 3. The zero-order chi connectivity index (χ0) is 20.5. The van der Waals surface area contributed by atoms with E-state index in [1.54, 1.807) is 6.20 Å². The lowest BCUT2D eigenvalue weighted by Crippen LogP contribution is -2.16. The van der Waals surface area contributed by atoms with E-state index in [4.69, 9.17) is 21.1 Å². The Morgan fingerprint density at radius 3 is 2.77 bits per heavy atom. The van der Waals surface area contributed by atoms with E-state index in [2.05, 4.69) is 36.9 Å². The number of aryl methyl sites for hydroxylation is 1. The van der Waals surface area contributed by atoms with Gasteiger partial charge in [0.25, 0.3) is 0 Å². The Kier molecular flexibility index (Phi) is 10.5. The van der Waals surface area contributed by atoms with Crippen LogP contribution in [0.3, 0.4) is 0 Å². The molecular weight excluding hydrogens is 489 g/mol. The molecule has 0 unspecified atom stereocenters. The third-order valence-electron chi connectivity index (χ3n) is 4.36. The van der Waals surface area contributed by atoms with E-state index in [0.717, 1.165) is 47.4 Å². The molecule has 3 aromatic rings. The van der Waals surface area contributed by atoms with Gasteiger partial charge >= 0.3 is 0 Å². The zero-order valence-electron chi connectivity index (χ0n) is 16.8. The molecule has 1 N–H and O–H groups in total. The summed E-state index contributed by atoms with van der Waals surface area (Å²) in [6.45, 7) is 5.54. The Labute approximate surface area is 197 Å². The summed E-state index contributed by atoms with van der Waals surface area (Å²) in [6, 6.07) is 11.8. The normalized spacial score (nSPS) is 10.5. The first kappa shape index (κ1) is 24.5. The maximum absolute atomic E-state index is 6.24. The van der Waals surface area contributed by atoms with Crippen molar-refractivity contribution in [1.82, 2.24) is 14.9 Å². The highest BCUT2D eigenvalue weighted by Gasteiger charge is 2.13. The van der Waals surface area contributed by atoms with E-state index in [-0.39, 0.29) is 12.4 Å². The molecule has 0 radical (unpaired) electrons. The maximum Gasteiger partial charge on any atom is 0.175 e. The van der Waals surface area contributed by atoms with E-state index in [0.29, 0.717) is 24.0 Å². The molecule has 2 aromatic carbocycles. The minimum absolute atomic E-state index is 0. The molecule has 0 bridgehead atoms. The summed E-state index contributed by atoms with van der Waals surface area (Å²) in [7, 11) is 0. The first-order chi connectivity index (χ1) is 14.2. The number of imidazole rings is 1. The minimum Gasteiger partial charge on any atom is -0.490 e. The molecule has 8 heteroatoms.